The maximum absolute atomic E-state index is 13.2. The molecule has 2 aliphatic rings. The van der Waals surface area contributed by atoms with Gasteiger partial charge >= 0.3 is 0 Å². The molecule has 0 radical (unpaired) electrons. The van der Waals surface area contributed by atoms with Crippen molar-refractivity contribution in [1.82, 2.24) is 9.88 Å². The molecule has 0 N–H and O–H groups in total. The number of anilines is 1. The zero-order valence-electron chi connectivity index (χ0n) is 15.8. The highest BCUT2D eigenvalue weighted by Gasteiger charge is 2.38. The number of aromatic nitrogens is 1. The van der Waals surface area contributed by atoms with Crippen molar-refractivity contribution in [3.05, 3.63) is 83.2 Å². The van der Waals surface area contributed by atoms with Crippen LogP contribution in [-0.4, -0.2) is 28.7 Å². The molecule has 3 heterocycles. The predicted molar refractivity (Wildman–Crippen MR) is 104 cm³/mol. The lowest BCUT2D eigenvalue weighted by Gasteiger charge is -2.28. The molecule has 7 nitrogen and oxygen atoms in total. The second-order valence-corrected chi connectivity index (χ2v) is 6.28. The smallest absolute Gasteiger partial charge is 0.265 e. The van der Waals surface area contributed by atoms with Crippen LogP contribution in [0.25, 0.3) is 4.85 Å². The van der Waals surface area contributed by atoms with Crippen molar-refractivity contribution < 1.29 is 14.3 Å². The van der Waals surface area contributed by atoms with Crippen LogP contribution in [0.4, 0.5) is 5.82 Å². The van der Waals surface area contributed by atoms with Crippen LogP contribution in [-0.2, 0) is 14.3 Å². The van der Waals surface area contributed by atoms with Crippen LogP contribution < -0.4 is 4.90 Å². The van der Waals surface area contributed by atoms with Gasteiger partial charge in [0, 0.05) is 25.0 Å². The Hall–Kier alpha value is -3.66. The Labute approximate surface area is 163 Å². The van der Waals surface area contributed by atoms with E-state index < -0.39 is 11.8 Å². The standard InChI is InChI=1S/C21H20N4O3/c1-4-5-8-15-16(10-11-18-24(3)13-14-28-18)20(26)25(21(27)19(15)22-2)17-9-6-7-12-23-17/h6-7,9-14H,4-5,8H2,1,3H3/b16-10+,18-11+. The molecule has 2 amide bonds. The van der Waals surface area contributed by atoms with Gasteiger partial charge in [0.15, 0.2) is 5.88 Å². The first-order valence-electron chi connectivity index (χ1n) is 8.97. The maximum atomic E-state index is 13.2. The van der Waals surface area contributed by atoms with E-state index in [0.29, 0.717) is 23.5 Å². The van der Waals surface area contributed by atoms with Crippen LogP contribution in [0, 0.1) is 6.57 Å². The summed E-state index contributed by atoms with van der Waals surface area (Å²) in [4.78, 5) is 36.4. The molecule has 0 fully saturated rings. The average Bonchev–Trinajstić information content (AvgIpc) is 3.11. The molecule has 142 valence electrons. The minimum absolute atomic E-state index is 0.0397. The van der Waals surface area contributed by atoms with E-state index in [9.17, 15) is 9.59 Å². The van der Waals surface area contributed by atoms with Crippen molar-refractivity contribution in [3.8, 4) is 0 Å². The number of rotatable bonds is 5. The number of imide groups is 1. The van der Waals surface area contributed by atoms with E-state index in [1.165, 1.54) is 12.5 Å². The number of carbonyl (C=O) groups is 2. The number of carbonyl (C=O) groups excluding carboxylic acids is 2. The molecule has 0 saturated carbocycles. The van der Waals surface area contributed by atoms with E-state index in [1.54, 1.807) is 41.5 Å². The second-order valence-electron chi connectivity index (χ2n) is 6.28. The lowest BCUT2D eigenvalue weighted by molar-refractivity contribution is -0.123. The summed E-state index contributed by atoms with van der Waals surface area (Å²) in [5, 5.41) is 0. The Morgan fingerprint density at radius 3 is 2.68 bits per heavy atom. The lowest BCUT2D eigenvalue weighted by Crippen LogP contribution is -2.43. The summed E-state index contributed by atoms with van der Waals surface area (Å²) in [6.45, 7) is 9.55. The van der Waals surface area contributed by atoms with E-state index in [1.807, 2.05) is 14.0 Å². The summed E-state index contributed by atoms with van der Waals surface area (Å²) in [5.41, 5.74) is 0.743. The SMILES string of the molecule is [C-]#[N+]C1=C(CCCC)/C(=C\C=C2\OC=CN2C)C(=O)N(c2ccccn2)C1=O. The molecular weight excluding hydrogens is 356 g/mol. The molecule has 28 heavy (non-hydrogen) atoms. The Morgan fingerprint density at radius 2 is 2.07 bits per heavy atom. The number of allylic oxidation sites excluding steroid dienone is 2. The molecule has 0 aromatic carbocycles. The third kappa shape index (κ3) is 3.58. The van der Waals surface area contributed by atoms with Gasteiger partial charge in [-0.05, 0) is 36.3 Å². The van der Waals surface area contributed by atoms with Gasteiger partial charge in [-0.1, -0.05) is 25.8 Å². The summed E-state index contributed by atoms with van der Waals surface area (Å²) >= 11 is 0. The quantitative estimate of drug-likeness (QED) is 0.447. The minimum atomic E-state index is -0.634. The molecule has 0 unspecified atom stereocenters. The monoisotopic (exact) mass is 376 g/mol. The fourth-order valence-electron chi connectivity index (χ4n) is 2.95. The Morgan fingerprint density at radius 1 is 1.25 bits per heavy atom. The third-order valence-electron chi connectivity index (χ3n) is 4.43. The predicted octanol–water partition coefficient (Wildman–Crippen LogP) is 3.52. The van der Waals surface area contributed by atoms with Gasteiger partial charge in [0.1, 0.15) is 12.1 Å². The van der Waals surface area contributed by atoms with Gasteiger partial charge in [0.05, 0.1) is 6.57 Å². The van der Waals surface area contributed by atoms with Crippen LogP contribution in [0.5, 0.6) is 0 Å². The lowest BCUT2D eigenvalue weighted by atomic mass is 9.92. The summed E-state index contributed by atoms with van der Waals surface area (Å²) in [6, 6.07) is 4.96. The van der Waals surface area contributed by atoms with E-state index in [-0.39, 0.29) is 11.5 Å². The fraction of sp³-hybridized carbons (Fsp3) is 0.238. The summed E-state index contributed by atoms with van der Waals surface area (Å²) in [5.74, 6) is -0.387. The largest absolute Gasteiger partial charge is 0.447 e. The number of ether oxygens (including phenoxy) is 1. The van der Waals surface area contributed by atoms with Crippen LogP contribution in [0.1, 0.15) is 26.2 Å². The first kappa shape index (κ1) is 19.1. The number of hydrogen-bond donors (Lipinski definition) is 0. The first-order chi connectivity index (χ1) is 13.6. The van der Waals surface area contributed by atoms with Crippen LogP contribution >= 0.6 is 0 Å². The Kier molecular flexibility index (Phi) is 5.70. The van der Waals surface area contributed by atoms with Gasteiger partial charge in [0.25, 0.3) is 17.5 Å². The second kappa shape index (κ2) is 8.35. The molecule has 0 saturated heterocycles. The fourth-order valence-corrected chi connectivity index (χ4v) is 2.95. The maximum Gasteiger partial charge on any atom is 0.265 e. The molecule has 0 aliphatic carbocycles. The normalized spacial score (nSPS) is 19.6. The number of pyridine rings is 1. The van der Waals surface area contributed by atoms with E-state index in [2.05, 4.69) is 9.83 Å². The summed E-state index contributed by atoms with van der Waals surface area (Å²) in [7, 11) is 1.82. The van der Waals surface area contributed by atoms with Gasteiger partial charge in [0.2, 0.25) is 0 Å². The van der Waals surface area contributed by atoms with Crippen molar-refractivity contribution in [2.24, 2.45) is 0 Å². The molecule has 1 aromatic rings. The number of hydrogen-bond acceptors (Lipinski definition) is 5. The van der Waals surface area contributed by atoms with Crippen LogP contribution in [0.2, 0.25) is 0 Å². The van der Waals surface area contributed by atoms with E-state index in [0.717, 1.165) is 17.7 Å². The molecule has 1 aromatic heterocycles. The highest BCUT2D eigenvalue weighted by Crippen LogP contribution is 2.32. The molecule has 7 heteroatoms. The van der Waals surface area contributed by atoms with Crippen molar-refractivity contribution in [2.45, 2.75) is 26.2 Å². The van der Waals surface area contributed by atoms with Gasteiger partial charge in [-0.2, -0.15) is 0 Å². The van der Waals surface area contributed by atoms with Crippen molar-refractivity contribution in [3.63, 3.8) is 0 Å². The first-order valence-corrected chi connectivity index (χ1v) is 8.97. The van der Waals surface area contributed by atoms with Gasteiger partial charge < -0.3 is 9.64 Å². The van der Waals surface area contributed by atoms with Crippen molar-refractivity contribution >= 4 is 17.6 Å². The molecule has 0 spiro atoms. The zero-order chi connectivity index (χ0) is 20.1. The average molecular weight is 376 g/mol. The number of amides is 2. The molecule has 3 rings (SSSR count). The topological polar surface area (TPSA) is 67.1 Å². The summed E-state index contributed by atoms with van der Waals surface area (Å²) < 4.78 is 5.37. The Bertz CT molecular complexity index is 952. The Balaban J connectivity index is 2.12. The molecule has 0 atom stereocenters. The van der Waals surface area contributed by atoms with Gasteiger partial charge in [-0.3, -0.25) is 9.59 Å². The summed E-state index contributed by atoms with van der Waals surface area (Å²) in [6.07, 6.45) is 10.2. The zero-order valence-corrected chi connectivity index (χ0v) is 15.8. The van der Waals surface area contributed by atoms with Crippen molar-refractivity contribution in [2.75, 3.05) is 11.9 Å². The minimum Gasteiger partial charge on any atom is -0.447 e. The number of nitrogens with zero attached hydrogens (tertiary/aromatic N) is 4. The van der Waals surface area contributed by atoms with Crippen LogP contribution in [0.15, 0.2) is 71.7 Å². The molecular formula is C21H20N4O3. The molecule has 0 bridgehead atoms. The van der Waals surface area contributed by atoms with Crippen molar-refractivity contribution in [1.29, 1.82) is 0 Å². The highest BCUT2D eigenvalue weighted by atomic mass is 16.5. The highest BCUT2D eigenvalue weighted by molar-refractivity contribution is 6.30. The van der Waals surface area contributed by atoms with Gasteiger partial charge in [-0.25, -0.2) is 14.7 Å². The number of unbranched alkanes of at least 4 members (excludes halogenated alkanes) is 1. The van der Waals surface area contributed by atoms with E-state index in [4.69, 9.17) is 11.3 Å². The van der Waals surface area contributed by atoms with E-state index >= 15 is 0 Å². The van der Waals surface area contributed by atoms with Crippen LogP contribution in [0.3, 0.4) is 0 Å². The third-order valence-corrected chi connectivity index (χ3v) is 4.43. The van der Waals surface area contributed by atoms with Gasteiger partial charge in [-0.15, -0.1) is 0 Å². The molecule has 2 aliphatic heterocycles.